The topological polar surface area (TPSA) is 66.8 Å². The molecule has 0 saturated heterocycles. The number of hydrogen-bond acceptors (Lipinski definition) is 3. The molecule has 2 rings (SSSR count). The van der Waals surface area contributed by atoms with Crippen molar-refractivity contribution in [1.82, 2.24) is 4.90 Å². The third-order valence-corrected chi connectivity index (χ3v) is 3.75. The van der Waals surface area contributed by atoms with Crippen LogP contribution >= 0.6 is 0 Å². The Bertz CT molecular complexity index is 541. The third kappa shape index (κ3) is 4.00. The van der Waals surface area contributed by atoms with Gasteiger partial charge in [-0.1, -0.05) is 32.0 Å². The summed E-state index contributed by atoms with van der Waals surface area (Å²) < 4.78 is 5.60. The average molecular weight is 305 g/mol. The van der Waals surface area contributed by atoms with E-state index in [9.17, 15) is 9.59 Å². The van der Waals surface area contributed by atoms with Gasteiger partial charge in [-0.3, -0.25) is 9.59 Å². The zero-order valence-corrected chi connectivity index (χ0v) is 13.1. The van der Waals surface area contributed by atoms with E-state index in [0.29, 0.717) is 25.5 Å². The highest BCUT2D eigenvalue weighted by molar-refractivity contribution is 5.85. The van der Waals surface area contributed by atoms with E-state index in [1.165, 1.54) is 0 Å². The van der Waals surface area contributed by atoms with E-state index in [0.717, 1.165) is 11.3 Å². The highest BCUT2D eigenvalue weighted by Gasteiger charge is 2.31. The van der Waals surface area contributed by atoms with Crippen molar-refractivity contribution >= 4 is 11.9 Å². The van der Waals surface area contributed by atoms with Crippen molar-refractivity contribution < 1.29 is 19.4 Å². The van der Waals surface area contributed by atoms with E-state index in [1.54, 1.807) is 4.90 Å². The Balaban J connectivity index is 2.17. The molecule has 5 nitrogen and oxygen atoms in total. The molecule has 5 heteroatoms. The van der Waals surface area contributed by atoms with Crippen LogP contribution in [0.1, 0.15) is 38.2 Å². The first-order valence-corrected chi connectivity index (χ1v) is 7.71. The summed E-state index contributed by atoms with van der Waals surface area (Å²) in [5.74, 6) is -0.0558. The molecule has 22 heavy (non-hydrogen) atoms. The quantitative estimate of drug-likeness (QED) is 0.877. The number of hydrogen-bond donors (Lipinski definition) is 1. The van der Waals surface area contributed by atoms with Gasteiger partial charge in [0.05, 0.1) is 18.9 Å². The lowest BCUT2D eigenvalue weighted by atomic mass is 9.91. The van der Waals surface area contributed by atoms with Gasteiger partial charge in [0.2, 0.25) is 5.91 Å². The fraction of sp³-hybridized carbons (Fsp3) is 0.529. The highest BCUT2D eigenvalue weighted by Crippen LogP contribution is 2.34. The van der Waals surface area contributed by atoms with Crippen LogP contribution in [0.2, 0.25) is 0 Å². The number of benzene rings is 1. The van der Waals surface area contributed by atoms with E-state index in [-0.39, 0.29) is 24.8 Å². The molecule has 0 aliphatic carbocycles. The van der Waals surface area contributed by atoms with E-state index < -0.39 is 5.97 Å². The lowest BCUT2D eigenvalue weighted by molar-refractivity contribution is -0.139. The third-order valence-electron chi connectivity index (χ3n) is 3.75. The summed E-state index contributed by atoms with van der Waals surface area (Å²) >= 11 is 0. The van der Waals surface area contributed by atoms with Gasteiger partial charge in [-0.15, -0.1) is 0 Å². The van der Waals surface area contributed by atoms with Crippen LogP contribution in [0.4, 0.5) is 0 Å². The summed E-state index contributed by atoms with van der Waals surface area (Å²) in [5.41, 5.74) is 0.905. The molecule has 1 unspecified atom stereocenters. The maximum absolute atomic E-state index is 12.9. The second-order valence-electron chi connectivity index (χ2n) is 6.05. The Morgan fingerprint density at radius 1 is 1.36 bits per heavy atom. The van der Waals surface area contributed by atoms with Gasteiger partial charge in [0.15, 0.2) is 0 Å². The molecule has 1 heterocycles. The van der Waals surface area contributed by atoms with Gasteiger partial charge in [0.25, 0.3) is 0 Å². The van der Waals surface area contributed by atoms with Crippen molar-refractivity contribution in [2.45, 2.75) is 32.6 Å². The number of carbonyl (C=O) groups excluding carboxylic acids is 1. The number of carbonyl (C=O) groups is 2. The van der Waals surface area contributed by atoms with Crippen LogP contribution in [-0.4, -0.2) is 41.6 Å². The zero-order chi connectivity index (χ0) is 16.1. The fourth-order valence-corrected chi connectivity index (χ4v) is 2.78. The van der Waals surface area contributed by atoms with Gasteiger partial charge in [0.1, 0.15) is 5.75 Å². The van der Waals surface area contributed by atoms with Gasteiger partial charge >= 0.3 is 5.97 Å². The second kappa shape index (κ2) is 7.29. The van der Waals surface area contributed by atoms with E-state index in [2.05, 4.69) is 0 Å². The lowest BCUT2D eigenvalue weighted by Gasteiger charge is -2.31. The molecular formula is C17H23NO4. The monoisotopic (exact) mass is 305 g/mol. The maximum Gasteiger partial charge on any atom is 0.305 e. The Hall–Kier alpha value is -2.04. The first-order chi connectivity index (χ1) is 10.5. The number of para-hydroxylation sites is 1. The minimum Gasteiger partial charge on any atom is -0.493 e. The van der Waals surface area contributed by atoms with E-state index in [1.807, 2.05) is 38.1 Å². The summed E-state index contributed by atoms with van der Waals surface area (Å²) in [7, 11) is 0. The minimum atomic E-state index is -0.881. The molecule has 1 aromatic rings. The molecule has 0 bridgehead atoms. The predicted octanol–water partition coefficient (Wildman–Crippen LogP) is 2.51. The molecule has 1 aliphatic rings. The molecule has 0 saturated carbocycles. The van der Waals surface area contributed by atoms with Crippen LogP contribution in [0.25, 0.3) is 0 Å². The molecule has 0 spiro atoms. The second-order valence-corrected chi connectivity index (χ2v) is 6.05. The summed E-state index contributed by atoms with van der Waals surface area (Å²) in [5, 5.41) is 8.89. The average Bonchev–Trinajstić information content (AvgIpc) is 2.49. The number of aliphatic carboxylic acids is 1. The molecule has 1 N–H and O–H groups in total. The number of carboxylic acids is 1. The smallest absolute Gasteiger partial charge is 0.305 e. The SMILES string of the molecule is CC(C)CN(CCC(=O)O)C(=O)C1CCOc2ccccc21. The summed E-state index contributed by atoms with van der Waals surface area (Å²) in [4.78, 5) is 25.4. The first-order valence-electron chi connectivity index (χ1n) is 7.71. The maximum atomic E-state index is 12.9. The Morgan fingerprint density at radius 3 is 2.77 bits per heavy atom. The van der Waals surface area contributed by atoms with Crippen molar-refractivity contribution in [2.24, 2.45) is 5.92 Å². The number of fused-ring (bicyclic) bond motifs is 1. The Morgan fingerprint density at radius 2 is 2.09 bits per heavy atom. The van der Waals surface area contributed by atoms with Gasteiger partial charge in [0, 0.05) is 18.7 Å². The van der Waals surface area contributed by atoms with E-state index >= 15 is 0 Å². The number of carboxylic acid groups (broad SMARTS) is 1. The van der Waals surface area contributed by atoms with Crippen LogP contribution in [0.5, 0.6) is 5.75 Å². The standard InChI is InChI=1S/C17H23NO4/c1-12(2)11-18(9-7-16(19)20)17(21)14-8-10-22-15-6-4-3-5-13(14)15/h3-6,12,14H,7-11H2,1-2H3,(H,19,20). The Labute approximate surface area is 130 Å². The van der Waals surface area contributed by atoms with Crippen molar-refractivity contribution in [3.05, 3.63) is 29.8 Å². The van der Waals surface area contributed by atoms with Gasteiger partial charge in [-0.05, 0) is 18.4 Å². The number of ether oxygens (including phenoxy) is 1. The van der Waals surface area contributed by atoms with Crippen LogP contribution in [-0.2, 0) is 9.59 Å². The number of amides is 1. The van der Waals surface area contributed by atoms with E-state index in [4.69, 9.17) is 9.84 Å². The molecule has 1 amide bonds. The van der Waals surface area contributed by atoms with Crippen molar-refractivity contribution in [3.63, 3.8) is 0 Å². The molecular weight excluding hydrogens is 282 g/mol. The molecule has 0 fully saturated rings. The number of rotatable bonds is 6. The van der Waals surface area contributed by atoms with Gasteiger partial charge in [-0.25, -0.2) is 0 Å². The zero-order valence-electron chi connectivity index (χ0n) is 13.1. The lowest BCUT2D eigenvalue weighted by Crippen LogP contribution is -2.40. The molecule has 120 valence electrons. The first kappa shape index (κ1) is 16.3. The van der Waals surface area contributed by atoms with Crippen LogP contribution in [0.15, 0.2) is 24.3 Å². The van der Waals surface area contributed by atoms with Crippen molar-refractivity contribution in [1.29, 1.82) is 0 Å². The van der Waals surface area contributed by atoms with Gasteiger partial charge < -0.3 is 14.7 Å². The highest BCUT2D eigenvalue weighted by atomic mass is 16.5. The van der Waals surface area contributed by atoms with Gasteiger partial charge in [-0.2, -0.15) is 0 Å². The molecule has 1 aliphatic heterocycles. The molecule has 1 atom stereocenters. The molecule has 0 aromatic heterocycles. The molecule has 0 radical (unpaired) electrons. The van der Waals surface area contributed by atoms with Crippen molar-refractivity contribution in [3.8, 4) is 5.75 Å². The summed E-state index contributed by atoms with van der Waals surface area (Å²) in [6.45, 7) is 5.40. The summed E-state index contributed by atoms with van der Waals surface area (Å²) in [6, 6.07) is 7.58. The molecule has 1 aromatic carbocycles. The number of nitrogens with zero attached hydrogens (tertiary/aromatic N) is 1. The summed E-state index contributed by atoms with van der Waals surface area (Å²) in [6.07, 6.45) is 0.612. The Kier molecular flexibility index (Phi) is 5.41. The van der Waals surface area contributed by atoms with Crippen molar-refractivity contribution in [2.75, 3.05) is 19.7 Å². The van der Waals surface area contributed by atoms with Crippen LogP contribution in [0.3, 0.4) is 0 Å². The van der Waals surface area contributed by atoms with Crippen LogP contribution in [0, 0.1) is 5.92 Å². The normalized spacial score (nSPS) is 16.8. The largest absolute Gasteiger partial charge is 0.493 e. The predicted molar refractivity (Wildman–Crippen MR) is 83.0 cm³/mol. The van der Waals surface area contributed by atoms with Crippen LogP contribution < -0.4 is 4.74 Å². The minimum absolute atomic E-state index is 0.00528. The fourth-order valence-electron chi connectivity index (χ4n) is 2.78.